The number of hydrogen-bond donors (Lipinski definition) is 13. The molecule has 3 aliphatic rings. The lowest BCUT2D eigenvalue weighted by Crippen LogP contribution is -2.61. The maximum atomic E-state index is 15.0. The van der Waals surface area contributed by atoms with Gasteiger partial charge in [-0.1, -0.05) is 91.0 Å². The summed E-state index contributed by atoms with van der Waals surface area (Å²) < 4.78 is -3.12. The molecule has 5 amide bonds. The fraction of sp³-hybridized carbons (Fsp3) is 0.438. The van der Waals surface area contributed by atoms with Gasteiger partial charge in [-0.3, -0.25) is 54.3 Å². The monoisotopic (exact) mass is 1070 g/mol. The van der Waals surface area contributed by atoms with Gasteiger partial charge in [0.1, 0.15) is 48.3 Å². The molecule has 0 radical (unpaired) electrons. The molecule has 3 heterocycles. The third-order valence-electron chi connectivity index (χ3n) is 12.5. The standard InChI is InChI=1S/C48H59N9O13S3/c1-46(2)31(43(65)66)55-39(71-46)28(52-34(58)25(49)22-16-10-7-11-17-22)37(61)50-26(23-18-12-8-13-19-23)35(59)53-29(40-56-32(44(67)68)47(3,4)72-40)38(62)51-27(24-20-14-9-15-21-24)36(60)54-30(42(63)64)41-57-33(45(69)70)48(5,6)73-41/h7-21,25-33,39-41,55-57H,49H2,1-6H3,(H,50,61)(H,51,62)(H,52,58)(H,53,59)(H,54,60)(H,63,64)(H,65,66)(H,67,68)(H,69,70). The molecule has 392 valence electrons. The van der Waals surface area contributed by atoms with Crippen LogP contribution in [0, 0.1) is 0 Å². The van der Waals surface area contributed by atoms with E-state index in [1.807, 2.05) is 0 Å². The highest BCUT2D eigenvalue weighted by Crippen LogP contribution is 2.42. The smallest absolute Gasteiger partial charge is 0.328 e. The Labute approximate surface area is 432 Å². The predicted molar refractivity (Wildman–Crippen MR) is 272 cm³/mol. The molecule has 3 aromatic rings. The molecule has 73 heavy (non-hydrogen) atoms. The highest BCUT2D eigenvalue weighted by molar-refractivity contribution is 8.02. The van der Waals surface area contributed by atoms with Gasteiger partial charge in [0.2, 0.25) is 29.5 Å². The first kappa shape index (κ1) is 56.1. The summed E-state index contributed by atoms with van der Waals surface area (Å²) in [4.78, 5) is 123. The van der Waals surface area contributed by atoms with Gasteiger partial charge in [0.25, 0.3) is 0 Å². The minimum Gasteiger partial charge on any atom is -0.480 e. The maximum absolute atomic E-state index is 15.0. The Morgan fingerprint density at radius 2 is 0.726 bits per heavy atom. The zero-order valence-electron chi connectivity index (χ0n) is 40.4. The zero-order valence-corrected chi connectivity index (χ0v) is 42.8. The fourth-order valence-corrected chi connectivity index (χ4v) is 13.2. The summed E-state index contributed by atoms with van der Waals surface area (Å²) in [6.45, 7) is 9.71. The quantitative estimate of drug-likeness (QED) is 0.0738. The van der Waals surface area contributed by atoms with Crippen LogP contribution in [0.15, 0.2) is 91.0 Å². The van der Waals surface area contributed by atoms with Crippen molar-refractivity contribution in [3.05, 3.63) is 108 Å². The lowest BCUT2D eigenvalue weighted by atomic mass is 10.0. The van der Waals surface area contributed by atoms with Crippen LogP contribution in [0.25, 0.3) is 0 Å². The molecular weight excluding hydrogens is 1010 g/mol. The molecule has 0 aliphatic carbocycles. The van der Waals surface area contributed by atoms with Crippen molar-refractivity contribution < 1.29 is 63.6 Å². The number of carbonyl (C=O) groups is 9. The van der Waals surface area contributed by atoms with E-state index >= 15 is 0 Å². The molecule has 6 rings (SSSR count). The van der Waals surface area contributed by atoms with Gasteiger partial charge in [0.15, 0.2) is 6.04 Å². The number of carboxylic acid groups (broad SMARTS) is 4. The molecule has 22 nitrogen and oxygen atoms in total. The number of carboxylic acids is 4. The molecule has 3 fully saturated rings. The molecule has 0 spiro atoms. The number of aliphatic carboxylic acids is 4. The van der Waals surface area contributed by atoms with Gasteiger partial charge < -0.3 is 52.7 Å². The summed E-state index contributed by atoms with van der Waals surface area (Å²) in [6, 6.07) is 10.5. The van der Waals surface area contributed by atoms with Gasteiger partial charge in [0.05, 0.1) is 16.1 Å². The normalized spacial score (nSPS) is 25.0. The number of hydrogen-bond acceptors (Lipinski definition) is 16. The van der Waals surface area contributed by atoms with Crippen LogP contribution in [0.3, 0.4) is 0 Å². The lowest BCUT2D eigenvalue weighted by molar-refractivity contribution is -0.143. The second-order valence-electron chi connectivity index (χ2n) is 19.1. The van der Waals surface area contributed by atoms with Crippen LogP contribution in [0.1, 0.15) is 76.4 Å². The summed E-state index contributed by atoms with van der Waals surface area (Å²) in [6.07, 6.45) is 0. The van der Waals surface area contributed by atoms with Crippen molar-refractivity contribution in [2.45, 2.75) is 126 Å². The van der Waals surface area contributed by atoms with Crippen LogP contribution in [-0.4, -0.2) is 140 Å². The van der Waals surface area contributed by atoms with Crippen molar-refractivity contribution in [1.82, 2.24) is 42.5 Å². The lowest BCUT2D eigenvalue weighted by Gasteiger charge is -2.31. The van der Waals surface area contributed by atoms with E-state index in [2.05, 4.69) is 42.5 Å². The minimum atomic E-state index is -1.74. The molecule has 0 bridgehead atoms. The Hall–Kier alpha value is -6.22. The highest BCUT2D eigenvalue weighted by atomic mass is 32.2. The summed E-state index contributed by atoms with van der Waals surface area (Å²) in [5.74, 6) is -10.1. The number of rotatable bonds is 20. The molecule has 12 unspecified atom stereocenters. The Morgan fingerprint density at radius 3 is 1.03 bits per heavy atom. The summed E-state index contributed by atoms with van der Waals surface area (Å²) in [5.41, 5.74) is 7.09. The maximum Gasteiger partial charge on any atom is 0.328 e. The molecule has 0 saturated carbocycles. The van der Waals surface area contributed by atoms with E-state index in [1.54, 1.807) is 108 Å². The minimum absolute atomic E-state index is 0.162. The van der Waals surface area contributed by atoms with E-state index in [0.717, 1.165) is 35.3 Å². The third-order valence-corrected chi connectivity index (χ3v) is 17.1. The van der Waals surface area contributed by atoms with Crippen molar-refractivity contribution >= 4 is 88.7 Å². The zero-order chi connectivity index (χ0) is 53.7. The molecule has 3 saturated heterocycles. The molecule has 12 atom stereocenters. The Kier molecular flexibility index (Phi) is 17.6. The van der Waals surface area contributed by atoms with Crippen molar-refractivity contribution in [3.8, 4) is 0 Å². The van der Waals surface area contributed by atoms with Crippen LogP contribution >= 0.6 is 35.3 Å². The second kappa shape index (κ2) is 22.9. The van der Waals surface area contributed by atoms with Crippen molar-refractivity contribution in [1.29, 1.82) is 0 Å². The van der Waals surface area contributed by atoms with Gasteiger partial charge in [0, 0.05) is 14.2 Å². The van der Waals surface area contributed by atoms with E-state index in [-0.39, 0.29) is 11.1 Å². The molecule has 3 aromatic carbocycles. The molecule has 14 N–H and O–H groups in total. The second-order valence-corrected chi connectivity index (χ2v) is 24.5. The first-order valence-corrected chi connectivity index (χ1v) is 25.5. The number of benzene rings is 3. The van der Waals surface area contributed by atoms with Crippen LogP contribution < -0.4 is 48.3 Å². The van der Waals surface area contributed by atoms with Crippen molar-refractivity contribution in [2.75, 3.05) is 0 Å². The van der Waals surface area contributed by atoms with Crippen LogP contribution in [0.4, 0.5) is 0 Å². The van der Waals surface area contributed by atoms with Gasteiger partial charge in [-0.15, -0.1) is 35.3 Å². The number of carbonyl (C=O) groups excluding carboxylic acids is 5. The molecule has 3 aliphatic heterocycles. The van der Waals surface area contributed by atoms with E-state index in [1.165, 1.54) is 24.3 Å². The number of thioether (sulfide) groups is 3. The average molecular weight is 1070 g/mol. The third kappa shape index (κ3) is 13.1. The number of nitrogens with two attached hydrogens (primary N) is 1. The Balaban J connectivity index is 1.34. The van der Waals surface area contributed by atoms with E-state index < -0.39 is 138 Å². The Morgan fingerprint density at radius 1 is 0.438 bits per heavy atom. The van der Waals surface area contributed by atoms with Gasteiger partial charge in [-0.2, -0.15) is 0 Å². The molecule has 25 heteroatoms. The topological polar surface area (TPSA) is 357 Å². The van der Waals surface area contributed by atoms with Crippen molar-refractivity contribution in [2.24, 2.45) is 5.73 Å². The first-order valence-electron chi connectivity index (χ1n) is 22.9. The SMILES string of the molecule is CC1(C)SC(C(NC(=O)C(NC(=O)C(NC(=O)C(NC(=O)C(NC(=O)C(N)c2ccccc2)C2NC(C(=O)O)C(C)(C)S2)c2ccccc2)C2NC(C(=O)O)C(C)(C)S2)c2ccccc2)C(=O)O)NC1C(=O)O. The Bertz CT molecular complexity index is 2580. The average Bonchev–Trinajstić information content (AvgIpc) is 3.97. The molecule has 0 aromatic heterocycles. The van der Waals surface area contributed by atoms with Crippen LogP contribution in [-0.2, 0) is 43.2 Å². The van der Waals surface area contributed by atoms with Crippen molar-refractivity contribution in [3.63, 3.8) is 0 Å². The first-order chi connectivity index (χ1) is 34.2. The fourth-order valence-electron chi connectivity index (χ4n) is 8.69. The summed E-state index contributed by atoms with van der Waals surface area (Å²) >= 11 is 3.04. The predicted octanol–water partition coefficient (Wildman–Crippen LogP) is 0.623. The van der Waals surface area contributed by atoms with Crippen LogP contribution in [0.2, 0.25) is 0 Å². The molecular formula is C48H59N9O13S3. The van der Waals surface area contributed by atoms with E-state index in [9.17, 15) is 63.6 Å². The highest BCUT2D eigenvalue weighted by Gasteiger charge is 2.53. The van der Waals surface area contributed by atoms with Gasteiger partial charge in [-0.05, 0) is 58.2 Å². The largest absolute Gasteiger partial charge is 0.480 e. The number of nitrogens with one attached hydrogen (secondary N) is 8. The van der Waals surface area contributed by atoms with E-state index in [0.29, 0.717) is 5.56 Å². The van der Waals surface area contributed by atoms with E-state index in [4.69, 9.17) is 5.73 Å². The van der Waals surface area contributed by atoms with Crippen LogP contribution in [0.5, 0.6) is 0 Å². The summed E-state index contributed by atoms with van der Waals surface area (Å²) in [7, 11) is 0. The van der Waals surface area contributed by atoms with Gasteiger partial charge in [-0.25, -0.2) is 4.79 Å². The summed E-state index contributed by atoms with van der Waals surface area (Å²) in [5, 5.41) is 58.7. The number of amides is 5. The van der Waals surface area contributed by atoms with Gasteiger partial charge >= 0.3 is 23.9 Å².